The molecule has 1 aliphatic carbocycles. The van der Waals surface area contributed by atoms with Gasteiger partial charge in [-0.1, -0.05) is 6.42 Å². The summed E-state index contributed by atoms with van der Waals surface area (Å²) in [5.74, 6) is 0.0987. The van der Waals surface area contributed by atoms with Gasteiger partial charge in [-0.15, -0.1) is 11.6 Å². The van der Waals surface area contributed by atoms with Crippen molar-refractivity contribution in [2.45, 2.75) is 31.8 Å². The number of hydrogen-bond donors (Lipinski definition) is 0. The maximum Gasteiger partial charge on any atom is 0.237 e. The first-order valence-electron chi connectivity index (χ1n) is 5.59. The number of halogens is 1. The Kier molecular flexibility index (Phi) is 3.21. The second-order valence-corrected chi connectivity index (χ2v) is 5.01. The van der Waals surface area contributed by atoms with Crippen molar-refractivity contribution < 1.29 is 9.53 Å². The summed E-state index contributed by atoms with van der Waals surface area (Å²) in [6, 6.07) is 0. The monoisotopic (exact) mass is 231 g/mol. The van der Waals surface area contributed by atoms with Crippen LogP contribution in [0, 0.1) is 5.41 Å². The fraction of sp³-hybridized carbons (Fsp3) is 0.909. The first-order valence-corrected chi connectivity index (χ1v) is 6.13. The molecule has 1 amide bonds. The van der Waals surface area contributed by atoms with E-state index < -0.39 is 0 Å². The molecule has 0 aromatic rings. The summed E-state index contributed by atoms with van der Waals surface area (Å²) in [7, 11) is 1.84. The lowest BCUT2D eigenvalue weighted by atomic mass is 9.82. The summed E-state index contributed by atoms with van der Waals surface area (Å²) >= 11 is 5.55. The van der Waals surface area contributed by atoms with Crippen LogP contribution in [0.3, 0.4) is 0 Å². The van der Waals surface area contributed by atoms with Crippen LogP contribution < -0.4 is 0 Å². The molecule has 4 heteroatoms. The van der Waals surface area contributed by atoms with Crippen molar-refractivity contribution in [3.05, 3.63) is 0 Å². The summed E-state index contributed by atoms with van der Waals surface area (Å²) in [5.41, 5.74) is 0.233. The summed E-state index contributed by atoms with van der Waals surface area (Å²) in [5, 5.41) is 0. The first-order chi connectivity index (χ1) is 7.18. The highest BCUT2D eigenvalue weighted by Gasteiger charge is 2.48. The zero-order chi connectivity index (χ0) is 10.9. The van der Waals surface area contributed by atoms with Crippen molar-refractivity contribution in [1.82, 2.24) is 4.90 Å². The molecule has 1 saturated carbocycles. The van der Waals surface area contributed by atoms with E-state index in [1.165, 1.54) is 12.8 Å². The van der Waals surface area contributed by atoms with E-state index in [2.05, 4.69) is 0 Å². The zero-order valence-corrected chi connectivity index (χ0v) is 9.92. The lowest BCUT2D eigenvalue weighted by molar-refractivity contribution is -0.129. The van der Waals surface area contributed by atoms with Gasteiger partial charge in [0.15, 0.2) is 0 Å². The third-order valence-corrected chi connectivity index (χ3v) is 4.06. The van der Waals surface area contributed by atoms with Crippen LogP contribution >= 0.6 is 11.6 Å². The maximum atomic E-state index is 11.4. The Morgan fingerprint density at radius 1 is 1.60 bits per heavy atom. The second kappa shape index (κ2) is 4.30. The Labute approximate surface area is 95.7 Å². The Morgan fingerprint density at radius 2 is 2.40 bits per heavy atom. The zero-order valence-electron chi connectivity index (χ0n) is 9.17. The van der Waals surface area contributed by atoms with Crippen LogP contribution in [-0.2, 0) is 9.53 Å². The minimum atomic E-state index is 0.0172. The highest BCUT2D eigenvalue weighted by molar-refractivity contribution is 6.27. The molecule has 0 unspecified atom stereocenters. The van der Waals surface area contributed by atoms with E-state index in [0.29, 0.717) is 6.10 Å². The molecular weight excluding hydrogens is 214 g/mol. The molecule has 2 atom stereocenters. The van der Waals surface area contributed by atoms with Crippen LogP contribution in [-0.4, -0.2) is 43.0 Å². The molecule has 0 spiro atoms. The summed E-state index contributed by atoms with van der Waals surface area (Å²) in [6.07, 6.45) is 5.05. The van der Waals surface area contributed by atoms with Gasteiger partial charge < -0.3 is 9.64 Å². The largest absolute Gasteiger partial charge is 0.378 e. The van der Waals surface area contributed by atoms with Crippen molar-refractivity contribution in [2.75, 3.05) is 26.1 Å². The van der Waals surface area contributed by atoms with Crippen LogP contribution in [0.1, 0.15) is 25.7 Å². The number of carbonyl (C=O) groups excluding carboxylic acids is 1. The predicted molar refractivity (Wildman–Crippen MR) is 59.0 cm³/mol. The fourth-order valence-corrected chi connectivity index (χ4v) is 3.18. The molecule has 1 heterocycles. The average molecular weight is 232 g/mol. The van der Waals surface area contributed by atoms with E-state index in [0.717, 1.165) is 26.0 Å². The molecule has 0 aromatic carbocycles. The lowest BCUT2D eigenvalue weighted by Gasteiger charge is -2.32. The minimum absolute atomic E-state index is 0.0172. The number of carbonyl (C=O) groups is 1. The average Bonchev–Trinajstić information content (AvgIpc) is 2.74. The summed E-state index contributed by atoms with van der Waals surface area (Å²) in [6.45, 7) is 1.66. The van der Waals surface area contributed by atoms with Gasteiger partial charge in [0.1, 0.15) is 5.88 Å². The van der Waals surface area contributed by atoms with E-state index in [9.17, 15) is 4.79 Å². The number of hydrogen-bond acceptors (Lipinski definition) is 2. The maximum absolute atomic E-state index is 11.4. The molecule has 2 rings (SSSR count). The van der Waals surface area contributed by atoms with Gasteiger partial charge in [0, 0.05) is 25.6 Å². The third kappa shape index (κ3) is 2.00. The van der Waals surface area contributed by atoms with Crippen LogP contribution in [0.5, 0.6) is 0 Å². The van der Waals surface area contributed by atoms with Gasteiger partial charge in [-0.3, -0.25) is 4.79 Å². The number of amides is 1. The van der Waals surface area contributed by atoms with Crippen LogP contribution in [0.4, 0.5) is 0 Å². The number of ether oxygens (including phenoxy) is 1. The molecule has 3 nitrogen and oxygen atoms in total. The third-order valence-electron chi connectivity index (χ3n) is 3.84. The van der Waals surface area contributed by atoms with E-state index in [1.807, 2.05) is 7.05 Å². The predicted octanol–water partition coefficient (Wildman–Crippen LogP) is 1.64. The Hall–Kier alpha value is -0.280. The molecule has 0 radical (unpaired) electrons. The molecule has 1 aliphatic heterocycles. The highest BCUT2D eigenvalue weighted by atomic mass is 35.5. The van der Waals surface area contributed by atoms with Crippen molar-refractivity contribution in [3.63, 3.8) is 0 Å². The van der Waals surface area contributed by atoms with Gasteiger partial charge >= 0.3 is 0 Å². The quantitative estimate of drug-likeness (QED) is 0.692. The SMILES string of the molecule is CN(C[C@]12CCC[C@H]1OCC2)C(=O)CCl. The number of fused-ring (bicyclic) bond motifs is 1. The van der Waals surface area contributed by atoms with Gasteiger partial charge in [-0.05, 0) is 19.3 Å². The first kappa shape index (κ1) is 11.2. The topological polar surface area (TPSA) is 29.5 Å². The normalized spacial score (nSPS) is 34.1. The van der Waals surface area contributed by atoms with E-state index >= 15 is 0 Å². The molecule has 1 saturated heterocycles. The smallest absolute Gasteiger partial charge is 0.237 e. The number of alkyl halides is 1. The van der Waals surface area contributed by atoms with Crippen molar-refractivity contribution >= 4 is 17.5 Å². The van der Waals surface area contributed by atoms with E-state index in [1.54, 1.807) is 4.90 Å². The molecule has 15 heavy (non-hydrogen) atoms. The molecule has 2 fully saturated rings. The molecule has 86 valence electrons. The van der Waals surface area contributed by atoms with Crippen molar-refractivity contribution in [3.8, 4) is 0 Å². The standard InChI is InChI=1S/C11H18ClNO2/c1-13(10(14)7-12)8-11-4-2-3-9(11)15-6-5-11/h9H,2-8H2,1H3/t9-,11-/m1/s1. The lowest BCUT2D eigenvalue weighted by Crippen LogP contribution is -2.41. The molecule has 0 aromatic heterocycles. The highest BCUT2D eigenvalue weighted by Crippen LogP contribution is 2.47. The van der Waals surface area contributed by atoms with Crippen LogP contribution in [0.2, 0.25) is 0 Å². The Morgan fingerprint density at radius 3 is 3.13 bits per heavy atom. The molecule has 0 bridgehead atoms. The summed E-state index contributed by atoms with van der Waals surface area (Å²) < 4.78 is 5.72. The minimum Gasteiger partial charge on any atom is -0.378 e. The number of nitrogens with zero attached hydrogens (tertiary/aromatic N) is 1. The molecule has 2 aliphatic rings. The van der Waals surface area contributed by atoms with Gasteiger partial charge in [-0.25, -0.2) is 0 Å². The van der Waals surface area contributed by atoms with E-state index in [-0.39, 0.29) is 17.2 Å². The van der Waals surface area contributed by atoms with Crippen LogP contribution in [0.25, 0.3) is 0 Å². The van der Waals surface area contributed by atoms with Gasteiger partial charge in [0.05, 0.1) is 6.10 Å². The second-order valence-electron chi connectivity index (χ2n) is 4.75. The number of rotatable bonds is 3. The molecular formula is C11H18ClNO2. The van der Waals surface area contributed by atoms with Gasteiger partial charge in [0.25, 0.3) is 0 Å². The van der Waals surface area contributed by atoms with Gasteiger partial charge in [0.2, 0.25) is 5.91 Å². The van der Waals surface area contributed by atoms with E-state index in [4.69, 9.17) is 16.3 Å². The Balaban J connectivity index is 2.00. The fourth-order valence-electron chi connectivity index (χ4n) is 2.98. The van der Waals surface area contributed by atoms with Crippen molar-refractivity contribution in [1.29, 1.82) is 0 Å². The van der Waals surface area contributed by atoms with Gasteiger partial charge in [-0.2, -0.15) is 0 Å². The molecule has 0 N–H and O–H groups in total. The van der Waals surface area contributed by atoms with Crippen LogP contribution in [0.15, 0.2) is 0 Å². The summed E-state index contributed by atoms with van der Waals surface area (Å²) in [4.78, 5) is 13.2. The Bertz CT molecular complexity index is 247. The van der Waals surface area contributed by atoms with Crippen molar-refractivity contribution in [2.24, 2.45) is 5.41 Å².